The molecule has 0 spiro atoms. The largest absolute Gasteiger partial charge is 0.324 e. The highest BCUT2D eigenvalue weighted by atomic mass is 127. The Labute approximate surface area is 182 Å². The van der Waals surface area contributed by atoms with Crippen molar-refractivity contribution in [1.29, 1.82) is 0 Å². The molecule has 0 heterocycles. The lowest BCUT2D eigenvalue weighted by molar-refractivity contribution is 0.616. The van der Waals surface area contributed by atoms with Gasteiger partial charge in [0.2, 0.25) is 0 Å². The zero-order valence-electron chi connectivity index (χ0n) is 14.9. The molecule has 4 heteroatoms. The standard InChI is InChI=1S/C22H22FI2N/c1-13-11-16(5-8-21(13)26)18-6-4-17(12-20(18)23)19-7-3-15(9-10-24)14(2)22(19)25/h3-8,11-13,21H,9-10,26H2,1-2H3/t13?,21-/m0/s1. The predicted molar refractivity (Wildman–Crippen MR) is 126 cm³/mol. The van der Waals surface area contributed by atoms with Crippen molar-refractivity contribution >= 4 is 50.8 Å². The number of alkyl halides is 1. The van der Waals surface area contributed by atoms with Crippen LogP contribution in [0.5, 0.6) is 0 Å². The summed E-state index contributed by atoms with van der Waals surface area (Å²) in [5.41, 5.74) is 12.2. The second kappa shape index (κ2) is 8.52. The molecule has 1 aliphatic rings. The molecule has 2 aromatic rings. The molecule has 26 heavy (non-hydrogen) atoms. The molecule has 1 aliphatic carbocycles. The van der Waals surface area contributed by atoms with Gasteiger partial charge < -0.3 is 5.73 Å². The fourth-order valence-electron chi connectivity index (χ4n) is 3.26. The first-order chi connectivity index (χ1) is 12.4. The Hall–Kier alpha value is -0.730. The quantitative estimate of drug-likeness (QED) is 0.338. The first-order valence-electron chi connectivity index (χ1n) is 8.72. The Morgan fingerprint density at radius 2 is 1.88 bits per heavy atom. The Balaban J connectivity index is 1.97. The topological polar surface area (TPSA) is 26.0 Å². The maximum atomic E-state index is 14.9. The first kappa shape index (κ1) is 20.0. The van der Waals surface area contributed by atoms with Crippen molar-refractivity contribution in [3.8, 4) is 11.1 Å². The molecule has 0 amide bonds. The predicted octanol–water partition coefficient (Wildman–Crippen LogP) is 6.30. The maximum Gasteiger partial charge on any atom is 0.131 e. The SMILES string of the molecule is Cc1c(CCI)ccc(-c2ccc(C3=CC(C)[C@@H](N)C=C3)c(F)c2)c1I. The molecule has 2 atom stereocenters. The van der Waals surface area contributed by atoms with E-state index in [9.17, 15) is 4.39 Å². The second-order valence-corrected chi connectivity index (χ2v) is 8.92. The van der Waals surface area contributed by atoms with Crippen LogP contribution in [0.2, 0.25) is 0 Å². The molecular weight excluding hydrogens is 551 g/mol. The van der Waals surface area contributed by atoms with Crippen LogP contribution in [0.4, 0.5) is 4.39 Å². The molecule has 1 nitrogen and oxygen atoms in total. The average molecular weight is 573 g/mol. The van der Waals surface area contributed by atoms with Gasteiger partial charge in [-0.25, -0.2) is 4.39 Å². The summed E-state index contributed by atoms with van der Waals surface area (Å²) >= 11 is 4.78. The van der Waals surface area contributed by atoms with Gasteiger partial charge in [0.15, 0.2) is 0 Å². The van der Waals surface area contributed by atoms with Crippen molar-refractivity contribution in [3.05, 3.63) is 74.6 Å². The molecule has 0 radical (unpaired) electrons. The molecule has 0 aliphatic heterocycles. The molecule has 2 N–H and O–H groups in total. The molecule has 1 unspecified atom stereocenters. The van der Waals surface area contributed by atoms with Gasteiger partial charge >= 0.3 is 0 Å². The summed E-state index contributed by atoms with van der Waals surface area (Å²) in [5.74, 6) is 0.0222. The average Bonchev–Trinajstić information content (AvgIpc) is 2.62. The molecule has 0 saturated carbocycles. The van der Waals surface area contributed by atoms with Crippen LogP contribution < -0.4 is 5.73 Å². The van der Waals surface area contributed by atoms with E-state index in [1.165, 1.54) is 14.7 Å². The van der Waals surface area contributed by atoms with Crippen LogP contribution in [0.15, 0.2) is 48.6 Å². The van der Waals surface area contributed by atoms with Gasteiger partial charge in [0, 0.05) is 19.6 Å². The minimum atomic E-state index is -0.189. The van der Waals surface area contributed by atoms with E-state index in [-0.39, 0.29) is 17.8 Å². The Bertz CT molecular complexity index is 886. The van der Waals surface area contributed by atoms with Gasteiger partial charge in [0.05, 0.1) is 0 Å². The Kier molecular flexibility index (Phi) is 6.56. The Morgan fingerprint density at radius 3 is 2.54 bits per heavy atom. The maximum absolute atomic E-state index is 14.9. The summed E-state index contributed by atoms with van der Waals surface area (Å²) in [6.45, 7) is 4.21. The molecule has 0 aromatic heterocycles. The first-order valence-corrected chi connectivity index (χ1v) is 11.3. The van der Waals surface area contributed by atoms with E-state index in [0.29, 0.717) is 5.56 Å². The summed E-state index contributed by atoms with van der Waals surface area (Å²) in [6.07, 6.45) is 6.99. The van der Waals surface area contributed by atoms with E-state index in [1.807, 2.05) is 24.3 Å². The number of aryl methyl sites for hydroxylation is 1. The van der Waals surface area contributed by atoms with Crippen LogP contribution >= 0.6 is 45.2 Å². The van der Waals surface area contributed by atoms with Crippen LogP contribution in [0.25, 0.3) is 16.7 Å². The highest BCUT2D eigenvalue weighted by molar-refractivity contribution is 14.1. The lowest BCUT2D eigenvalue weighted by Crippen LogP contribution is -2.26. The van der Waals surface area contributed by atoms with Gasteiger partial charge in [-0.05, 0) is 75.7 Å². The summed E-state index contributed by atoms with van der Waals surface area (Å²) in [7, 11) is 0. The fraction of sp³-hybridized carbons (Fsp3) is 0.273. The van der Waals surface area contributed by atoms with E-state index in [1.54, 1.807) is 6.07 Å². The molecule has 0 fully saturated rings. The summed E-state index contributed by atoms with van der Waals surface area (Å²) in [6, 6.07) is 9.85. The van der Waals surface area contributed by atoms with Gasteiger partial charge in [0.25, 0.3) is 0 Å². The van der Waals surface area contributed by atoms with Gasteiger partial charge in [-0.15, -0.1) is 0 Å². The van der Waals surface area contributed by atoms with Gasteiger partial charge in [-0.1, -0.05) is 72.0 Å². The van der Waals surface area contributed by atoms with Crippen LogP contribution in [0.3, 0.4) is 0 Å². The molecule has 0 bridgehead atoms. The van der Waals surface area contributed by atoms with Crippen LogP contribution in [0, 0.1) is 22.2 Å². The lowest BCUT2D eigenvalue weighted by atomic mass is 9.89. The third-order valence-electron chi connectivity index (χ3n) is 5.00. The zero-order valence-corrected chi connectivity index (χ0v) is 19.2. The summed E-state index contributed by atoms with van der Waals surface area (Å²) in [5, 5.41) is 0. The summed E-state index contributed by atoms with van der Waals surface area (Å²) < 4.78 is 17.2. The molecule has 3 rings (SSSR count). The number of benzene rings is 2. The highest BCUT2D eigenvalue weighted by Gasteiger charge is 2.17. The van der Waals surface area contributed by atoms with Gasteiger partial charge in [-0.2, -0.15) is 0 Å². The van der Waals surface area contributed by atoms with Crippen molar-refractivity contribution < 1.29 is 4.39 Å². The second-order valence-electron chi connectivity index (χ2n) is 6.76. The van der Waals surface area contributed by atoms with E-state index >= 15 is 0 Å². The third-order valence-corrected chi connectivity index (χ3v) is 6.93. The highest BCUT2D eigenvalue weighted by Crippen LogP contribution is 2.33. The number of nitrogens with two attached hydrogens (primary N) is 1. The lowest BCUT2D eigenvalue weighted by Gasteiger charge is -2.20. The minimum absolute atomic E-state index is 0.00620. The van der Waals surface area contributed by atoms with Crippen LogP contribution in [0.1, 0.15) is 23.6 Å². The third kappa shape index (κ3) is 4.07. The Morgan fingerprint density at radius 1 is 1.15 bits per heavy atom. The number of hydrogen-bond acceptors (Lipinski definition) is 1. The normalized spacial score (nSPS) is 19.5. The number of halogens is 3. The van der Waals surface area contributed by atoms with Crippen molar-refractivity contribution in [3.63, 3.8) is 0 Å². The van der Waals surface area contributed by atoms with E-state index in [0.717, 1.165) is 27.5 Å². The van der Waals surface area contributed by atoms with Crippen LogP contribution in [-0.4, -0.2) is 10.5 Å². The molecule has 2 aromatic carbocycles. The monoisotopic (exact) mass is 573 g/mol. The number of allylic oxidation sites excluding steroid dienone is 2. The zero-order chi connectivity index (χ0) is 18.8. The molecule has 0 saturated heterocycles. The minimum Gasteiger partial charge on any atom is -0.324 e. The summed E-state index contributed by atoms with van der Waals surface area (Å²) in [4.78, 5) is 0. The number of hydrogen-bond donors (Lipinski definition) is 1. The molecular formula is C22H22FI2N. The number of rotatable bonds is 4. The van der Waals surface area contributed by atoms with Gasteiger partial charge in [-0.3, -0.25) is 0 Å². The van der Waals surface area contributed by atoms with Crippen molar-refractivity contribution in [2.24, 2.45) is 11.7 Å². The van der Waals surface area contributed by atoms with E-state index in [4.69, 9.17) is 5.73 Å². The van der Waals surface area contributed by atoms with E-state index in [2.05, 4.69) is 77.2 Å². The fourth-order valence-corrected chi connectivity index (χ4v) is 4.68. The smallest absolute Gasteiger partial charge is 0.131 e. The van der Waals surface area contributed by atoms with Crippen LogP contribution in [-0.2, 0) is 6.42 Å². The molecule has 136 valence electrons. The van der Waals surface area contributed by atoms with Crippen molar-refractivity contribution in [2.45, 2.75) is 26.3 Å². The van der Waals surface area contributed by atoms with Crippen molar-refractivity contribution in [1.82, 2.24) is 0 Å². The van der Waals surface area contributed by atoms with E-state index < -0.39 is 0 Å². The van der Waals surface area contributed by atoms with Gasteiger partial charge in [0.1, 0.15) is 5.82 Å². The van der Waals surface area contributed by atoms with Crippen molar-refractivity contribution in [2.75, 3.05) is 4.43 Å².